The van der Waals surface area contributed by atoms with E-state index in [4.69, 9.17) is 16.3 Å². The smallest absolute Gasteiger partial charge is 0.322 e. The van der Waals surface area contributed by atoms with Gasteiger partial charge in [-0.15, -0.1) is 6.58 Å². The number of urea groups is 1. The molecule has 3 aliphatic rings. The third-order valence-corrected chi connectivity index (χ3v) is 5.91. The first-order valence-electron chi connectivity index (χ1n) is 10.3. The third-order valence-electron chi connectivity index (χ3n) is 5.68. The van der Waals surface area contributed by atoms with Gasteiger partial charge in [0, 0.05) is 24.7 Å². The Morgan fingerprint density at radius 3 is 2.94 bits per heavy atom. The fraction of sp³-hybridized carbons (Fsp3) is 0.409. The zero-order valence-electron chi connectivity index (χ0n) is 17.1. The van der Waals surface area contributed by atoms with Gasteiger partial charge in [-0.2, -0.15) is 0 Å². The topological polar surface area (TPSA) is 91.0 Å². The molecule has 31 heavy (non-hydrogen) atoms. The second kappa shape index (κ2) is 9.11. The third kappa shape index (κ3) is 4.45. The van der Waals surface area contributed by atoms with Crippen molar-refractivity contribution in [1.82, 2.24) is 20.4 Å². The molecule has 1 fully saturated rings. The normalized spacial score (nSPS) is 23.1. The number of nitrogens with one attached hydrogen (secondary N) is 2. The van der Waals surface area contributed by atoms with Crippen molar-refractivity contribution in [3.8, 4) is 0 Å². The van der Waals surface area contributed by atoms with Crippen LogP contribution < -0.4 is 10.6 Å². The van der Waals surface area contributed by atoms with Gasteiger partial charge in [-0.3, -0.25) is 14.5 Å². The number of halogens is 1. The molecule has 1 aromatic carbocycles. The summed E-state index contributed by atoms with van der Waals surface area (Å²) in [6.07, 6.45) is 3.55. The number of nitrogens with zero attached hydrogens (tertiary/aromatic N) is 2. The summed E-state index contributed by atoms with van der Waals surface area (Å²) in [4.78, 5) is 41.5. The maximum atomic E-state index is 13.3. The molecule has 0 aliphatic carbocycles. The minimum atomic E-state index is -0.630. The number of carbonyl (C=O) groups is 3. The van der Waals surface area contributed by atoms with Gasteiger partial charge in [-0.1, -0.05) is 29.8 Å². The molecule has 2 atom stereocenters. The van der Waals surface area contributed by atoms with Crippen LogP contribution in [0.5, 0.6) is 0 Å². The van der Waals surface area contributed by atoms with Crippen molar-refractivity contribution in [3.63, 3.8) is 0 Å². The van der Waals surface area contributed by atoms with Crippen LogP contribution >= 0.6 is 11.6 Å². The van der Waals surface area contributed by atoms with Crippen molar-refractivity contribution >= 4 is 29.4 Å². The number of benzene rings is 1. The molecular formula is C22H25ClN4O4. The molecule has 0 spiro atoms. The molecule has 3 heterocycles. The molecule has 9 heteroatoms. The highest BCUT2D eigenvalue weighted by Crippen LogP contribution is 2.36. The zero-order chi connectivity index (χ0) is 22.0. The quantitative estimate of drug-likeness (QED) is 0.629. The zero-order valence-corrected chi connectivity index (χ0v) is 17.9. The van der Waals surface area contributed by atoms with Crippen molar-refractivity contribution in [2.45, 2.75) is 25.0 Å². The summed E-state index contributed by atoms with van der Waals surface area (Å²) in [6, 6.07) is 6.10. The van der Waals surface area contributed by atoms with Gasteiger partial charge in [0.15, 0.2) is 0 Å². The summed E-state index contributed by atoms with van der Waals surface area (Å²) in [5.74, 6) is -0.529. The van der Waals surface area contributed by atoms with E-state index in [0.717, 1.165) is 12.8 Å². The number of amides is 4. The lowest BCUT2D eigenvalue weighted by Crippen LogP contribution is -2.47. The fourth-order valence-electron chi connectivity index (χ4n) is 4.20. The predicted octanol–water partition coefficient (Wildman–Crippen LogP) is 1.98. The van der Waals surface area contributed by atoms with E-state index in [-0.39, 0.29) is 43.6 Å². The molecular weight excluding hydrogens is 420 g/mol. The molecule has 0 saturated carbocycles. The number of hydrogen-bond donors (Lipinski definition) is 2. The Balaban J connectivity index is 1.53. The first-order valence-corrected chi connectivity index (χ1v) is 10.7. The Hall–Kier alpha value is -2.84. The van der Waals surface area contributed by atoms with E-state index in [0.29, 0.717) is 35.0 Å². The average Bonchev–Trinajstić information content (AvgIpc) is 3.37. The van der Waals surface area contributed by atoms with Crippen LogP contribution in [0.25, 0.3) is 0 Å². The van der Waals surface area contributed by atoms with Crippen molar-refractivity contribution in [1.29, 1.82) is 0 Å². The number of rotatable bonds is 7. The van der Waals surface area contributed by atoms with Crippen LogP contribution in [0.1, 0.15) is 24.4 Å². The van der Waals surface area contributed by atoms with Crippen LogP contribution in [0.15, 0.2) is 48.2 Å². The van der Waals surface area contributed by atoms with Crippen LogP contribution in [0.4, 0.5) is 4.79 Å². The largest absolute Gasteiger partial charge is 0.376 e. The molecule has 164 valence electrons. The number of carbonyl (C=O) groups excluding carboxylic acids is 3. The fourth-order valence-corrected chi connectivity index (χ4v) is 4.40. The van der Waals surface area contributed by atoms with Crippen molar-refractivity contribution in [2.75, 3.05) is 32.8 Å². The lowest BCUT2D eigenvalue weighted by atomic mass is 9.95. The number of ether oxygens (including phenoxy) is 1. The van der Waals surface area contributed by atoms with Gasteiger partial charge in [0.25, 0.3) is 5.91 Å². The molecule has 2 N–H and O–H groups in total. The van der Waals surface area contributed by atoms with E-state index >= 15 is 0 Å². The van der Waals surface area contributed by atoms with Crippen LogP contribution in [0.3, 0.4) is 0 Å². The minimum Gasteiger partial charge on any atom is -0.376 e. The van der Waals surface area contributed by atoms with Gasteiger partial charge in [-0.25, -0.2) is 4.79 Å². The van der Waals surface area contributed by atoms with Crippen LogP contribution in [0, 0.1) is 0 Å². The molecule has 0 bridgehead atoms. The van der Waals surface area contributed by atoms with Crippen molar-refractivity contribution in [2.24, 2.45) is 0 Å². The van der Waals surface area contributed by atoms with Gasteiger partial charge in [-0.05, 0) is 30.5 Å². The predicted molar refractivity (Wildman–Crippen MR) is 115 cm³/mol. The molecule has 3 aliphatic heterocycles. The van der Waals surface area contributed by atoms with E-state index in [1.165, 1.54) is 9.80 Å². The van der Waals surface area contributed by atoms with Crippen LogP contribution in [-0.2, 0) is 14.3 Å². The first-order chi connectivity index (χ1) is 15.0. The summed E-state index contributed by atoms with van der Waals surface area (Å²) in [5.41, 5.74) is 1.76. The maximum absolute atomic E-state index is 13.3. The summed E-state index contributed by atoms with van der Waals surface area (Å²) >= 11 is 6.13. The van der Waals surface area contributed by atoms with Crippen LogP contribution in [0.2, 0.25) is 5.02 Å². The molecule has 4 amide bonds. The van der Waals surface area contributed by atoms with Gasteiger partial charge in [0.1, 0.15) is 6.54 Å². The second-order valence-corrected chi connectivity index (χ2v) is 8.23. The van der Waals surface area contributed by atoms with Gasteiger partial charge < -0.3 is 20.3 Å². The van der Waals surface area contributed by atoms with E-state index in [1.54, 1.807) is 24.3 Å². The van der Waals surface area contributed by atoms with E-state index in [9.17, 15) is 14.4 Å². The van der Waals surface area contributed by atoms with Gasteiger partial charge in [0.05, 0.1) is 30.0 Å². The van der Waals surface area contributed by atoms with E-state index < -0.39 is 6.04 Å². The Morgan fingerprint density at radius 2 is 2.23 bits per heavy atom. The summed E-state index contributed by atoms with van der Waals surface area (Å²) < 4.78 is 5.52. The molecule has 8 nitrogen and oxygen atoms in total. The Kier molecular flexibility index (Phi) is 6.29. The summed E-state index contributed by atoms with van der Waals surface area (Å²) in [6.45, 7) is 5.21. The Labute approximate surface area is 185 Å². The maximum Gasteiger partial charge on any atom is 0.322 e. The van der Waals surface area contributed by atoms with Crippen LogP contribution in [-0.4, -0.2) is 66.5 Å². The first kappa shape index (κ1) is 21.4. The van der Waals surface area contributed by atoms with Gasteiger partial charge >= 0.3 is 6.03 Å². The SMILES string of the molecule is C=CCN1C(=O)NC(c2cccc(Cl)c2)C2=C1CN(CC(=O)NCC1CCCO1)C2=O. The standard InChI is InChI=1S/C22H25ClN4O4/c1-2-8-27-17-12-26(13-18(28)24-11-16-7-4-9-31-16)21(29)19(17)20(25-22(27)30)14-5-3-6-15(23)10-14/h2-3,5-6,10,16,20H,1,4,7-9,11-13H2,(H,24,28)(H,25,30). The second-order valence-electron chi connectivity index (χ2n) is 7.80. The minimum absolute atomic E-state index is 0.0293. The lowest BCUT2D eigenvalue weighted by molar-refractivity contribution is -0.132. The molecule has 1 saturated heterocycles. The summed E-state index contributed by atoms with van der Waals surface area (Å²) in [7, 11) is 0. The molecule has 0 radical (unpaired) electrons. The molecule has 2 unspecified atom stereocenters. The average molecular weight is 445 g/mol. The summed E-state index contributed by atoms with van der Waals surface area (Å²) in [5, 5.41) is 6.25. The van der Waals surface area contributed by atoms with Crippen molar-refractivity contribution < 1.29 is 19.1 Å². The molecule has 0 aromatic heterocycles. The number of hydrogen-bond acceptors (Lipinski definition) is 4. The monoisotopic (exact) mass is 444 g/mol. The molecule has 1 aromatic rings. The van der Waals surface area contributed by atoms with E-state index in [1.807, 2.05) is 6.07 Å². The van der Waals surface area contributed by atoms with Crippen molar-refractivity contribution in [3.05, 3.63) is 58.8 Å². The Morgan fingerprint density at radius 1 is 1.39 bits per heavy atom. The van der Waals surface area contributed by atoms with E-state index in [2.05, 4.69) is 17.2 Å². The highest BCUT2D eigenvalue weighted by Gasteiger charge is 2.44. The van der Waals surface area contributed by atoms with Gasteiger partial charge in [0.2, 0.25) is 5.91 Å². The highest BCUT2D eigenvalue weighted by atomic mass is 35.5. The highest BCUT2D eigenvalue weighted by molar-refractivity contribution is 6.30. The lowest BCUT2D eigenvalue weighted by Gasteiger charge is -2.33. The Bertz CT molecular complexity index is 941. The molecule has 4 rings (SSSR count).